The lowest BCUT2D eigenvalue weighted by Crippen LogP contribution is -2.29. The van der Waals surface area contributed by atoms with Crippen molar-refractivity contribution < 1.29 is 87.7 Å². The van der Waals surface area contributed by atoms with Gasteiger partial charge < -0.3 is 35.3 Å². The van der Waals surface area contributed by atoms with Crippen LogP contribution in [0.25, 0.3) is 22.3 Å². The van der Waals surface area contributed by atoms with Gasteiger partial charge in [0, 0.05) is 35.9 Å². The Labute approximate surface area is 506 Å². The first kappa shape index (κ1) is 69.4. The molecule has 8 aromatic rings. The van der Waals surface area contributed by atoms with Gasteiger partial charge in [-0.25, -0.2) is 14.4 Å². The molecule has 85 heavy (non-hydrogen) atoms. The number of ketones is 2. The first-order chi connectivity index (χ1) is 39.9. The first-order valence-electron chi connectivity index (χ1n) is 24.2. The molecule has 0 fully saturated rings. The molecule has 444 valence electrons. The molecule has 0 saturated heterocycles. The summed E-state index contributed by atoms with van der Waals surface area (Å²) in [6.45, 7) is 0. The number of halogens is 12. The smallest absolute Gasteiger partial charge is 0.465 e. The molecule has 0 aromatic heterocycles. The predicted molar refractivity (Wildman–Crippen MR) is 314 cm³/mol. The summed E-state index contributed by atoms with van der Waals surface area (Å²) in [5.74, 6) is -5.06. The fraction of sp³-hybridized carbons (Fsp3) is 0.117. The molecule has 5 N–H and O–H groups in total. The van der Waals surface area contributed by atoms with Gasteiger partial charge in [0.2, 0.25) is 0 Å². The van der Waals surface area contributed by atoms with Gasteiger partial charge in [0.25, 0.3) is 11.6 Å². The van der Waals surface area contributed by atoms with Crippen LogP contribution in [0.4, 0.5) is 50.9 Å². The summed E-state index contributed by atoms with van der Waals surface area (Å²) in [7, 11) is 2.35. The molecule has 0 saturated carbocycles. The van der Waals surface area contributed by atoms with Gasteiger partial charge in [0.05, 0.1) is 38.0 Å². The van der Waals surface area contributed by atoms with Gasteiger partial charge in [-0.2, -0.15) is 39.5 Å². The molecule has 0 aliphatic carbocycles. The van der Waals surface area contributed by atoms with E-state index in [2.05, 4.69) is 67.3 Å². The number of rotatable bonds is 11. The topological polar surface area (TPSA) is 192 Å². The largest absolute Gasteiger partial charge is 0.488 e. The van der Waals surface area contributed by atoms with Gasteiger partial charge in [0.15, 0.2) is 0 Å². The van der Waals surface area contributed by atoms with E-state index in [9.17, 15) is 63.5 Å². The van der Waals surface area contributed by atoms with Crippen molar-refractivity contribution in [1.29, 1.82) is 0 Å². The number of carbonyl (C=O) groups excluding carboxylic acids is 5. The van der Waals surface area contributed by atoms with Crippen LogP contribution in [0.3, 0.4) is 0 Å². The van der Waals surface area contributed by atoms with E-state index in [0.29, 0.717) is 43.4 Å². The van der Waals surface area contributed by atoms with Crippen LogP contribution in [0, 0.1) is 0 Å². The fourth-order valence-corrected chi connectivity index (χ4v) is 7.68. The maximum Gasteiger partial charge on any atom is 0.488 e. The number of anilines is 2. The van der Waals surface area contributed by atoms with E-state index in [4.69, 9.17) is 15.8 Å². The summed E-state index contributed by atoms with van der Waals surface area (Å²) in [5, 5.41) is 20.1. The Morgan fingerprint density at radius 3 is 0.976 bits per heavy atom. The van der Waals surface area contributed by atoms with Gasteiger partial charge in [-0.15, -0.1) is 0 Å². The van der Waals surface area contributed by atoms with Crippen LogP contribution in [-0.2, 0) is 14.2 Å². The number of hydrogen-bond acceptors (Lipinski definition) is 12. The van der Waals surface area contributed by atoms with E-state index in [1.165, 1.54) is 82.0 Å². The monoisotopic (exact) mass is 1370 g/mol. The van der Waals surface area contributed by atoms with Crippen molar-refractivity contribution >= 4 is 101 Å². The van der Waals surface area contributed by atoms with Crippen molar-refractivity contribution in [2.75, 3.05) is 32.4 Å². The van der Waals surface area contributed by atoms with Crippen LogP contribution < -0.4 is 16.5 Å². The molecule has 0 radical (unpaired) electrons. The molecule has 8 aromatic carbocycles. The van der Waals surface area contributed by atoms with E-state index < -0.39 is 66.7 Å². The van der Waals surface area contributed by atoms with Gasteiger partial charge in [-0.3, -0.25) is 9.59 Å². The molecule has 0 aliphatic rings. The number of Topliss-reactive ketones (excluding diaryl/α,β-unsaturated/α-hetero) is 2. The fourth-order valence-electron chi connectivity index (χ4n) is 6.88. The molecule has 0 bridgehead atoms. The Morgan fingerprint density at radius 1 is 0.424 bits per heavy atom. The number of nitrogens with one attached hydrogen (secondary N) is 1. The highest BCUT2D eigenvalue weighted by Gasteiger charge is 2.41. The van der Waals surface area contributed by atoms with Crippen LogP contribution in [0.2, 0.25) is 0 Å². The Morgan fingerprint density at radius 2 is 0.694 bits per heavy atom. The Hall–Kier alpha value is -8.10. The van der Waals surface area contributed by atoms with Crippen LogP contribution in [0.15, 0.2) is 208 Å². The average Bonchev–Trinajstić information content (AvgIpc) is 3.70. The molecule has 0 aliphatic heterocycles. The van der Waals surface area contributed by atoms with Crippen molar-refractivity contribution in [3.63, 3.8) is 0 Å². The minimum atomic E-state index is -4.89. The highest BCUT2D eigenvalue weighted by molar-refractivity contribution is 9.11. The van der Waals surface area contributed by atoms with Crippen molar-refractivity contribution in [3.05, 3.63) is 241 Å². The summed E-state index contributed by atoms with van der Waals surface area (Å²) in [6.07, 6.45) is -14.1. The lowest BCUT2D eigenvalue weighted by atomic mass is 9.80. The molecule has 8 rings (SSSR count). The van der Waals surface area contributed by atoms with Crippen molar-refractivity contribution in [2.45, 2.75) is 24.6 Å². The third kappa shape index (κ3) is 22.4. The van der Waals surface area contributed by atoms with Crippen LogP contribution in [0.5, 0.6) is 0 Å². The highest BCUT2D eigenvalue weighted by atomic mass is 79.9. The second-order valence-electron chi connectivity index (χ2n) is 17.2. The molecule has 12 nitrogen and oxygen atoms in total. The third-order valence-corrected chi connectivity index (χ3v) is 12.9. The minimum Gasteiger partial charge on any atom is -0.465 e. The Balaban J connectivity index is 0.000000244. The second kappa shape index (κ2) is 32.3. The van der Waals surface area contributed by atoms with Gasteiger partial charge in [-0.05, 0) is 142 Å². The van der Waals surface area contributed by atoms with Crippen molar-refractivity contribution in [2.24, 2.45) is 0 Å². The molecule has 0 heterocycles. The zero-order chi connectivity index (χ0) is 63.2. The van der Waals surface area contributed by atoms with Crippen molar-refractivity contribution in [1.82, 2.24) is 0 Å². The number of nitrogens with two attached hydrogens (primary N) is 1. The van der Waals surface area contributed by atoms with Crippen LogP contribution >= 0.6 is 47.8 Å². The molecule has 0 amide bonds. The number of methoxy groups -OCH3 is 3. The summed E-state index contributed by atoms with van der Waals surface area (Å²) in [6, 6.07) is 47.4. The molecule has 1 unspecified atom stereocenters. The SMILES string of the molecule is COC(=O)c1ccc(-c2ccc(C(=O)C(F)(F)F)cc2)cc1.COC(=O)c1ccc(-c2ccc(C(Nc3ccc(Br)cc3)C(F)(F)F)cc2)cc1.COC(=O)c1ccc(B(O)O)cc1.Nc1ccc(Br)cc1.O=C(c1ccc(Br)cc1)C(F)(F)F. The molecule has 0 spiro atoms. The number of alkyl halides is 9. The lowest BCUT2D eigenvalue weighted by Gasteiger charge is -2.23. The normalized spacial score (nSPS) is 11.1. The number of carbonyl (C=O) groups is 5. The second-order valence-corrected chi connectivity index (χ2v) is 19.9. The minimum absolute atomic E-state index is 0.107. The third-order valence-electron chi connectivity index (χ3n) is 11.3. The van der Waals surface area contributed by atoms with Crippen molar-refractivity contribution in [3.8, 4) is 22.3 Å². The summed E-state index contributed by atoms with van der Waals surface area (Å²) in [5.41, 5.74) is 10.3. The highest BCUT2D eigenvalue weighted by Crippen LogP contribution is 2.37. The number of benzene rings is 8. The zero-order valence-electron chi connectivity index (χ0n) is 44.4. The van der Waals surface area contributed by atoms with E-state index in [-0.39, 0.29) is 11.1 Å². The van der Waals surface area contributed by atoms with Gasteiger partial charge in [0.1, 0.15) is 6.04 Å². The average molecular weight is 1380 g/mol. The number of ether oxygens (including phenoxy) is 3. The van der Waals surface area contributed by atoms with Crippen LogP contribution in [0.1, 0.15) is 63.4 Å². The summed E-state index contributed by atoms with van der Waals surface area (Å²) >= 11 is 9.61. The van der Waals surface area contributed by atoms with Crippen LogP contribution in [-0.4, -0.2) is 86.5 Å². The van der Waals surface area contributed by atoms with E-state index in [0.717, 1.165) is 50.0 Å². The Kier molecular flexibility index (Phi) is 26.3. The van der Waals surface area contributed by atoms with E-state index >= 15 is 0 Å². The van der Waals surface area contributed by atoms with Gasteiger partial charge >= 0.3 is 43.6 Å². The van der Waals surface area contributed by atoms with Gasteiger partial charge in [-0.1, -0.05) is 133 Å². The maximum atomic E-state index is 13.6. The number of hydrogen-bond donors (Lipinski definition) is 4. The summed E-state index contributed by atoms with van der Waals surface area (Å²) in [4.78, 5) is 55.5. The lowest BCUT2D eigenvalue weighted by molar-refractivity contribution is -0.144. The Bertz CT molecular complexity index is 3430. The van der Waals surface area contributed by atoms with E-state index in [1.54, 1.807) is 84.9 Å². The standard InChI is InChI=1S/C22H17BrF3NO2.C16H11F3O3.C8H9BO4.C8H4BrF3O.C6H6BrN/c1-29-21(28)17-8-4-15(5-9-17)14-2-6-16(7-3-14)20(22(24,25)26)27-19-12-10-18(23)11-13-19;1-22-15(21)13-8-4-11(5-9-13)10-2-6-12(7-3-10)14(20)16(17,18)19;1-13-8(10)6-2-4-7(5-3-6)9(11)12;9-6-3-1-5(2-4-6)7(13)8(10,11)12;7-5-1-3-6(8)4-2-5/h2-13,20,27H,1H3;2-9H,1H3;2-5,11-12H,1H3;1-4H;1-4H,8H2. The molecule has 1 atom stereocenters. The van der Waals surface area contributed by atoms with E-state index in [1.807, 2.05) is 24.3 Å². The maximum absolute atomic E-state index is 13.6. The number of esters is 3. The predicted octanol–water partition coefficient (Wildman–Crippen LogP) is 14.9. The number of nitrogen functional groups attached to an aromatic ring is 1. The molecular formula is C60H47BBr3F9N2O10. The quantitative estimate of drug-likeness (QED) is 0.0240. The molecule has 25 heteroatoms. The molecular weight excluding hydrogens is 1330 g/mol. The zero-order valence-corrected chi connectivity index (χ0v) is 49.2. The summed E-state index contributed by atoms with van der Waals surface area (Å²) < 4.78 is 130. The first-order valence-corrected chi connectivity index (χ1v) is 26.5.